The second kappa shape index (κ2) is 7.15. The van der Waals surface area contributed by atoms with Crippen LogP contribution in [-0.2, 0) is 11.3 Å². The molecule has 2 aromatic rings. The zero-order valence-electron chi connectivity index (χ0n) is 12.2. The summed E-state index contributed by atoms with van der Waals surface area (Å²) in [5.41, 5.74) is 2.15. The van der Waals surface area contributed by atoms with Crippen LogP contribution in [0.1, 0.15) is 17.4 Å². The van der Waals surface area contributed by atoms with Gasteiger partial charge in [0.1, 0.15) is 0 Å². The number of aromatic nitrogens is 1. The molecular weight excluding hydrogens is 341 g/mol. The van der Waals surface area contributed by atoms with E-state index in [1.54, 1.807) is 11.3 Å². The molecule has 1 saturated heterocycles. The Balaban J connectivity index is 1.67. The number of nitrogens with one attached hydrogen (secondary N) is 1. The summed E-state index contributed by atoms with van der Waals surface area (Å²) in [5, 5.41) is 7.25. The van der Waals surface area contributed by atoms with E-state index >= 15 is 0 Å². The molecule has 0 unspecified atom stereocenters. The van der Waals surface area contributed by atoms with Crippen LogP contribution in [0.2, 0.25) is 10.0 Å². The maximum absolute atomic E-state index is 6.10. The zero-order chi connectivity index (χ0) is 15.5. The lowest BCUT2D eigenvalue weighted by atomic mass is 10.1. The van der Waals surface area contributed by atoms with Gasteiger partial charge in [0.2, 0.25) is 0 Å². The third kappa shape index (κ3) is 3.73. The second-order valence-electron chi connectivity index (χ2n) is 5.16. The number of anilines is 1. The van der Waals surface area contributed by atoms with Gasteiger partial charge in [-0.2, -0.15) is 0 Å². The molecule has 1 aliphatic heterocycles. The van der Waals surface area contributed by atoms with Gasteiger partial charge in [-0.1, -0.05) is 29.3 Å². The van der Waals surface area contributed by atoms with E-state index in [-0.39, 0.29) is 6.10 Å². The van der Waals surface area contributed by atoms with Crippen molar-refractivity contribution in [3.63, 3.8) is 0 Å². The Morgan fingerprint density at radius 1 is 1.41 bits per heavy atom. The van der Waals surface area contributed by atoms with Crippen molar-refractivity contribution >= 4 is 39.7 Å². The minimum absolute atomic E-state index is 0.0194. The average Bonchev–Trinajstić information content (AvgIpc) is 2.98. The topological polar surface area (TPSA) is 37.4 Å². The molecule has 1 aliphatic rings. The van der Waals surface area contributed by atoms with E-state index in [1.807, 2.05) is 25.2 Å². The van der Waals surface area contributed by atoms with E-state index in [2.05, 4.69) is 20.6 Å². The highest BCUT2D eigenvalue weighted by atomic mass is 35.5. The summed E-state index contributed by atoms with van der Waals surface area (Å²) in [4.78, 5) is 6.89. The van der Waals surface area contributed by atoms with Crippen molar-refractivity contribution in [1.82, 2.24) is 9.88 Å². The van der Waals surface area contributed by atoms with Gasteiger partial charge >= 0.3 is 0 Å². The van der Waals surface area contributed by atoms with Crippen LogP contribution in [0.5, 0.6) is 0 Å². The molecule has 0 aliphatic carbocycles. The molecule has 0 spiro atoms. The lowest BCUT2D eigenvalue weighted by Gasteiger charge is -2.32. The largest absolute Gasteiger partial charge is 0.371 e. The Morgan fingerprint density at radius 2 is 2.27 bits per heavy atom. The summed E-state index contributed by atoms with van der Waals surface area (Å²) in [7, 11) is 1.89. The van der Waals surface area contributed by atoms with E-state index in [0.29, 0.717) is 16.7 Å². The van der Waals surface area contributed by atoms with Crippen LogP contribution >= 0.6 is 34.5 Å². The van der Waals surface area contributed by atoms with Crippen molar-refractivity contribution in [3.8, 4) is 0 Å². The van der Waals surface area contributed by atoms with Gasteiger partial charge in [-0.3, -0.25) is 4.90 Å². The molecule has 0 saturated carbocycles. The van der Waals surface area contributed by atoms with Gasteiger partial charge in [0.25, 0.3) is 0 Å². The maximum atomic E-state index is 6.10. The number of ether oxygens (including phenoxy) is 1. The van der Waals surface area contributed by atoms with Gasteiger partial charge in [0.15, 0.2) is 5.13 Å². The van der Waals surface area contributed by atoms with Gasteiger partial charge in [0.05, 0.1) is 28.5 Å². The first-order valence-corrected chi connectivity index (χ1v) is 8.70. The van der Waals surface area contributed by atoms with Gasteiger partial charge < -0.3 is 10.1 Å². The Kier molecular flexibility index (Phi) is 5.21. The summed E-state index contributed by atoms with van der Waals surface area (Å²) in [6, 6.07) is 5.69. The molecule has 1 aromatic carbocycles. The van der Waals surface area contributed by atoms with Crippen LogP contribution in [0.25, 0.3) is 0 Å². The molecule has 1 N–H and O–H groups in total. The average molecular weight is 358 g/mol. The molecule has 2 heterocycles. The van der Waals surface area contributed by atoms with Crippen LogP contribution in [0.3, 0.4) is 0 Å². The molecule has 22 heavy (non-hydrogen) atoms. The van der Waals surface area contributed by atoms with Crippen molar-refractivity contribution in [2.24, 2.45) is 0 Å². The van der Waals surface area contributed by atoms with Gasteiger partial charge in [-0.15, -0.1) is 11.3 Å². The number of halogens is 2. The van der Waals surface area contributed by atoms with Crippen molar-refractivity contribution in [3.05, 3.63) is 44.9 Å². The number of benzene rings is 1. The van der Waals surface area contributed by atoms with Crippen molar-refractivity contribution in [1.29, 1.82) is 0 Å². The first kappa shape index (κ1) is 16.0. The molecule has 1 atom stereocenters. The molecule has 4 nitrogen and oxygen atoms in total. The fraction of sp³-hybridized carbons (Fsp3) is 0.400. The number of thiazole rings is 1. The predicted molar refractivity (Wildman–Crippen MR) is 92.1 cm³/mol. The highest BCUT2D eigenvalue weighted by Gasteiger charge is 2.23. The van der Waals surface area contributed by atoms with E-state index < -0.39 is 0 Å². The maximum Gasteiger partial charge on any atom is 0.182 e. The molecule has 0 bridgehead atoms. The van der Waals surface area contributed by atoms with Crippen LogP contribution in [0, 0.1) is 0 Å². The van der Waals surface area contributed by atoms with E-state index in [0.717, 1.165) is 36.0 Å². The lowest BCUT2D eigenvalue weighted by molar-refractivity contribution is -0.0332. The van der Waals surface area contributed by atoms with Crippen molar-refractivity contribution in [2.45, 2.75) is 12.6 Å². The van der Waals surface area contributed by atoms with Crippen LogP contribution in [-0.4, -0.2) is 36.6 Å². The lowest BCUT2D eigenvalue weighted by Crippen LogP contribution is -2.37. The Hall–Kier alpha value is -0.850. The van der Waals surface area contributed by atoms with Crippen molar-refractivity contribution in [2.75, 3.05) is 32.1 Å². The molecule has 7 heteroatoms. The third-order valence-electron chi connectivity index (χ3n) is 3.62. The monoisotopic (exact) mass is 357 g/mol. The predicted octanol–water partition coefficient (Wildman–Crippen LogP) is 4.07. The number of rotatable bonds is 4. The quantitative estimate of drug-likeness (QED) is 0.894. The second-order valence-corrected chi connectivity index (χ2v) is 6.83. The zero-order valence-corrected chi connectivity index (χ0v) is 14.5. The standard InChI is InChI=1S/C15H17Cl2N3OS/c1-18-15-19-11(9-22-15)7-20-4-5-21-14(8-20)10-2-3-12(16)13(17)6-10/h2-3,6,9,14H,4-5,7-8H2,1H3,(H,18,19)/t14-/m0/s1. The Bertz CT molecular complexity index is 649. The molecule has 3 rings (SSSR count). The summed E-state index contributed by atoms with van der Waals surface area (Å²) < 4.78 is 5.88. The number of nitrogens with zero attached hydrogens (tertiary/aromatic N) is 2. The summed E-state index contributed by atoms with van der Waals surface area (Å²) in [6.07, 6.45) is 0.0194. The van der Waals surface area contributed by atoms with Crippen LogP contribution in [0.15, 0.2) is 23.6 Å². The number of hydrogen-bond donors (Lipinski definition) is 1. The summed E-state index contributed by atoms with van der Waals surface area (Å²) in [5.74, 6) is 0. The molecule has 118 valence electrons. The van der Waals surface area contributed by atoms with Crippen LogP contribution in [0.4, 0.5) is 5.13 Å². The first-order chi connectivity index (χ1) is 10.7. The Labute approximate surface area is 144 Å². The highest BCUT2D eigenvalue weighted by molar-refractivity contribution is 7.13. The van der Waals surface area contributed by atoms with E-state index in [1.165, 1.54) is 0 Å². The SMILES string of the molecule is CNc1nc(CN2CCO[C@H](c3ccc(Cl)c(Cl)c3)C2)cs1. The minimum atomic E-state index is 0.0194. The van der Waals surface area contributed by atoms with E-state index in [9.17, 15) is 0 Å². The fourth-order valence-corrected chi connectivity index (χ4v) is 3.45. The Morgan fingerprint density at radius 3 is 3.00 bits per heavy atom. The fourth-order valence-electron chi connectivity index (χ4n) is 2.48. The van der Waals surface area contributed by atoms with Gasteiger partial charge in [0, 0.05) is 32.1 Å². The van der Waals surface area contributed by atoms with E-state index in [4.69, 9.17) is 27.9 Å². The van der Waals surface area contributed by atoms with Gasteiger partial charge in [-0.25, -0.2) is 4.98 Å². The number of hydrogen-bond acceptors (Lipinski definition) is 5. The molecule has 0 radical (unpaired) electrons. The summed E-state index contributed by atoms with van der Waals surface area (Å²) >= 11 is 13.7. The molecular formula is C15H17Cl2N3OS. The molecule has 0 amide bonds. The minimum Gasteiger partial charge on any atom is -0.371 e. The van der Waals surface area contributed by atoms with Gasteiger partial charge in [-0.05, 0) is 17.7 Å². The normalized spacial score (nSPS) is 19.3. The molecule has 1 aromatic heterocycles. The third-order valence-corrected chi connectivity index (χ3v) is 5.26. The van der Waals surface area contributed by atoms with Crippen LogP contribution < -0.4 is 5.32 Å². The molecule has 1 fully saturated rings. The highest BCUT2D eigenvalue weighted by Crippen LogP contribution is 2.29. The first-order valence-electron chi connectivity index (χ1n) is 7.07. The smallest absolute Gasteiger partial charge is 0.182 e. The van der Waals surface area contributed by atoms with Crippen molar-refractivity contribution < 1.29 is 4.74 Å². The number of morpholine rings is 1. The summed E-state index contributed by atoms with van der Waals surface area (Å²) in [6.45, 7) is 3.27.